The smallest absolute Gasteiger partial charge is 0.269 e. The predicted molar refractivity (Wildman–Crippen MR) is 95.0 cm³/mol. The highest BCUT2D eigenvalue weighted by atomic mass is 16.5. The first kappa shape index (κ1) is 21.1. The molecule has 0 unspecified atom stereocenters. The van der Waals surface area contributed by atoms with Gasteiger partial charge in [-0.05, 0) is 24.7 Å². The summed E-state index contributed by atoms with van der Waals surface area (Å²) < 4.78 is 10.5. The van der Waals surface area contributed by atoms with Crippen LogP contribution >= 0.6 is 0 Å². The summed E-state index contributed by atoms with van der Waals surface area (Å²) in [4.78, 5) is 31.1. The van der Waals surface area contributed by atoms with Crippen molar-refractivity contribution in [2.45, 2.75) is 26.7 Å². The van der Waals surface area contributed by atoms with Gasteiger partial charge in [-0.15, -0.1) is 0 Å². The quantitative estimate of drug-likeness (QED) is 0.505. The van der Waals surface area contributed by atoms with E-state index in [2.05, 4.69) is 33.6 Å². The summed E-state index contributed by atoms with van der Waals surface area (Å²) in [6.45, 7) is 5.49. The largest absolute Gasteiger partial charge is 0.369 e. The Labute approximate surface area is 152 Å². The van der Waals surface area contributed by atoms with Gasteiger partial charge >= 0.3 is 0 Å². The van der Waals surface area contributed by atoms with Crippen LogP contribution in [0.1, 0.15) is 59.1 Å². The Balaban J connectivity index is 3.22. The topological polar surface area (TPSA) is 130 Å². The molecule has 0 aromatic carbocycles. The monoisotopic (exact) mass is 358 g/mol. The van der Waals surface area contributed by atoms with E-state index in [4.69, 9.17) is 20.9 Å². The molecule has 1 rings (SSSR count). The van der Waals surface area contributed by atoms with E-state index in [9.17, 15) is 9.59 Å². The zero-order valence-corrected chi connectivity index (χ0v) is 14.9. The second-order valence-electron chi connectivity index (χ2n) is 5.06. The maximum absolute atomic E-state index is 11.5. The molecular formula is C18H22N4O4. The highest BCUT2D eigenvalue weighted by Crippen LogP contribution is 2.08. The molecular weight excluding hydrogens is 336 g/mol. The molecule has 1 aromatic rings. The van der Waals surface area contributed by atoms with Gasteiger partial charge in [0, 0.05) is 13.2 Å². The maximum atomic E-state index is 11.5. The van der Waals surface area contributed by atoms with Gasteiger partial charge in [0.1, 0.15) is 24.6 Å². The van der Waals surface area contributed by atoms with Crippen LogP contribution in [0.3, 0.4) is 0 Å². The van der Waals surface area contributed by atoms with Crippen molar-refractivity contribution in [2.24, 2.45) is 11.5 Å². The average molecular weight is 358 g/mol. The Kier molecular flexibility index (Phi) is 9.40. The highest BCUT2D eigenvalue weighted by Gasteiger charge is 2.19. The van der Waals surface area contributed by atoms with E-state index in [0.29, 0.717) is 13.2 Å². The molecule has 0 radical (unpaired) electrons. The van der Waals surface area contributed by atoms with E-state index in [1.165, 1.54) is 0 Å². The zero-order valence-electron chi connectivity index (χ0n) is 14.9. The number of primary amides is 2. The summed E-state index contributed by atoms with van der Waals surface area (Å²) in [7, 11) is 0. The van der Waals surface area contributed by atoms with Gasteiger partial charge in [0.05, 0.1) is 0 Å². The molecule has 4 N–H and O–H groups in total. The van der Waals surface area contributed by atoms with Gasteiger partial charge in [0.25, 0.3) is 11.8 Å². The molecule has 0 bridgehead atoms. The first-order chi connectivity index (χ1) is 12.5. The highest BCUT2D eigenvalue weighted by molar-refractivity contribution is 6.03. The van der Waals surface area contributed by atoms with Gasteiger partial charge in [-0.1, -0.05) is 25.7 Å². The second-order valence-corrected chi connectivity index (χ2v) is 5.06. The number of hydrogen-bond donors (Lipinski definition) is 2. The van der Waals surface area contributed by atoms with E-state index in [1.54, 1.807) is 0 Å². The number of amides is 2. The van der Waals surface area contributed by atoms with Crippen LogP contribution in [0.15, 0.2) is 0 Å². The summed E-state index contributed by atoms with van der Waals surface area (Å²) in [6, 6.07) is 0. The van der Waals surface area contributed by atoms with Crippen LogP contribution in [0.4, 0.5) is 0 Å². The van der Waals surface area contributed by atoms with Crippen LogP contribution in [-0.2, 0) is 9.47 Å². The van der Waals surface area contributed by atoms with E-state index < -0.39 is 11.8 Å². The number of ether oxygens (including phenoxy) is 2. The Morgan fingerprint density at radius 3 is 1.54 bits per heavy atom. The minimum atomic E-state index is -0.928. The van der Waals surface area contributed by atoms with Crippen LogP contribution < -0.4 is 11.5 Å². The maximum Gasteiger partial charge on any atom is 0.269 e. The number of nitrogens with two attached hydrogens (primary N) is 2. The molecule has 8 heteroatoms. The second kappa shape index (κ2) is 11.6. The van der Waals surface area contributed by atoms with Crippen molar-refractivity contribution in [2.75, 3.05) is 26.4 Å². The van der Waals surface area contributed by atoms with Crippen LogP contribution in [0.25, 0.3) is 0 Å². The van der Waals surface area contributed by atoms with Crippen LogP contribution in [-0.4, -0.2) is 48.2 Å². The first-order valence-corrected chi connectivity index (χ1v) is 8.16. The first-order valence-electron chi connectivity index (χ1n) is 8.16. The Bertz CT molecular complexity index is 704. The molecule has 26 heavy (non-hydrogen) atoms. The van der Waals surface area contributed by atoms with Gasteiger partial charge in [-0.3, -0.25) is 9.59 Å². The molecule has 0 spiro atoms. The van der Waals surface area contributed by atoms with Crippen molar-refractivity contribution >= 4 is 11.8 Å². The molecule has 0 aliphatic rings. The average Bonchev–Trinajstić information content (AvgIpc) is 2.61. The van der Waals surface area contributed by atoms with E-state index in [-0.39, 0.29) is 36.0 Å². The summed E-state index contributed by atoms with van der Waals surface area (Å²) in [5.74, 6) is 9.13. The fourth-order valence-electron chi connectivity index (χ4n) is 1.73. The third-order valence-corrected chi connectivity index (χ3v) is 2.82. The summed E-state index contributed by atoms with van der Waals surface area (Å²) in [6.07, 6.45) is 1.74. The van der Waals surface area contributed by atoms with Gasteiger partial charge in [-0.2, -0.15) is 0 Å². The molecule has 1 aromatic heterocycles. The molecule has 2 amide bonds. The third kappa shape index (κ3) is 6.89. The molecule has 8 nitrogen and oxygen atoms in total. The lowest BCUT2D eigenvalue weighted by atomic mass is 10.2. The number of hydrogen-bond acceptors (Lipinski definition) is 6. The minimum Gasteiger partial charge on any atom is -0.369 e. The van der Waals surface area contributed by atoms with E-state index in [1.807, 2.05) is 13.8 Å². The van der Waals surface area contributed by atoms with Gasteiger partial charge in [0.2, 0.25) is 0 Å². The van der Waals surface area contributed by atoms with Crippen molar-refractivity contribution in [3.63, 3.8) is 0 Å². The van der Waals surface area contributed by atoms with E-state index >= 15 is 0 Å². The van der Waals surface area contributed by atoms with Crippen molar-refractivity contribution in [3.8, 4) is 23.7 Å². The van der Waals surface area contributed by atoms with E-state index in [0.717, 1.165) is 12.8 Å². The van der Waals surface area contributed by atoms with Crippen LogP contribution in [0, 0.1) is 23.7 Å². The lowest BCUT2D eigenvalue weighted by molar-refractivity contribution is 0.0959. The number of carbonyl (C=O) groups excluding carboxylic acids is 2. The number of carbonyl (C=O) groups is 2. The number of aromatic nitrogens is 2. The van der Waals surface area contributed by atoms with Crippen LogP contribution in [0.2, 0.25) is 0 Å². The van der Waals surface area contributed by atoms with Gasteiger partial charge < -0.3 is 20.9 Å². The fourth-order valence-corrected chi connectivity index (χ4v) is 1.73. The molecule has 138 valence electrons. The normalized spacial score (nSPS) is 9.62. The standard InChI is InChI=1S/C18H22N4O4/c1-3-9-25-11-5-7-13-14(8-6-12-26-10-4-2)22-16(18(20)24)15(21-13)17(19)23/h3-4,9-12H2,1-2H3,(H2,19,23)(H2,20,24). The fraction of sp³-hybridized carbons (Fsp3) is 0.444. The lowest BCUT2D eigenvalue weighted by Gasteiger charge is -2.04. The Morgan fingerprint density at radius 2 is 1.23 bits per heavy atom. The van der Waals surface area contributed by atoms with Crippen LogP contribution in [0.5, 0.6) is 0 Å². The molecule has 0 saturated heterocycles. The molecule has 0 atom stereocenters. The number of rotatable bonds is 8. The Hall–Kier alpha value is -2.94. The Morgan fingerprint density at radius 1 is 0.846 bits per heavy atom. The molecule has 0 aliphatic carbocycles. The summed E-state index contributed by atoms with van der Waals surface area (Å²) in [5.41, 5.74) is 10.0. The predicted octanol–water partition coefficient (Wildman–Crippen LogP) is 0.231. The van der Waals surface area contributed by atoms with Gasteiger partial charge in [0.15, 0.2) is 11.4 Å². The van der Waals surface area contributed by atoms with Crippen molar-refractivity contribution < 1.29 is 19.1 Å². The van der Waals surface area contributed by atoms with Crippen molar-refractivity contribution in [1.29, 1.82) is 0 Å². The SMILES string of the molecule is CCCOCC#Cc1nc(C(N)=O)c(C(N)=O)nc1C#CCOCCC. The summed E-state index contributed by atoms with van der Waals surface area (Å²) >= 11 is 0. The van der Waals surface area contributed by atoms with Gasteiger partial charge in [-0.25, -0.2) is 9.97 Å². The molecule has 0 saturated carbocycles. The number of nitrogens with zero attached hydrogens (tertiary/aromatic N) is 2. The third-order valence-electron chi connectivity index (χ3n) is 2.82. The molecule has 1 heterocycles. The zero-order chi connectivity index (χ0) is 19.4. The lowest BCUT2D eigenvalue weighted by Crippen LogP contribution is -2.25. The molecule has 0 aliphatic heterocycles. The summed E-state index contributed by atoms with van der Waals surface area (Å²) in [5, 5.41) is 0. The minimum absolute atomic E-state index is 0.117. The van der Waals surface area contributed by atoms with Crippen molar-refractivity contribution in [3.05, 3.63) is 22.8 Å². The molecule has 0 fully saturated rings. The van der Waals surface area contributed by atoms with Crippen molar-refractivity contribution in [1.82, 2.24) is 9.97 Å².